The number of hydrogen-bond acceptors (Lipinski definition) is 8. The molecular weight excluding hydrogens is 725 g/mol. The van der Waals surface area contributed by atoms with Gasteiger partial charge in [-0.2, -0.15) is 13.2 Å². The summed E-state index contributed by atoms with van der Waals surface area (Å²) in [6, 6.07) is 3.65. The number of ether oxygens (including phenoxy) is 1. The standard InChI is InChI=1S/C38H53F3N6O8/c1-35(2,3)29(45-34(54)55-37(6,7)38(39,40)41)33(53)47-19-22-25(36(22,4)5)27(47)30(50)43-23(17-20-15-16-20)28(49)31(51)42-18-24(48)44-26(32(52)46(8)9)21-13-11-10-12-14-21/h10-14,20,22-23,25-27,29H,15-19H2,1-9H3,(H,42,51)(H,43,50)(H,44,48)(H,45,54)/t22?,23?,25?,26-,27-,29+/m0/s1. The highest BCUT2D eigenvalue weighted by Gasteiger charge is 2.70. The number of nitrogens with one attached hydrogen (secondary N) is 4. The van der Waals surface area contributed by atoms with Crippen LogP contribution in [0.1, 0.15) is 79.3 Å². The van der Waals surface area contributed by atoms with Crippen molar-refractivity contribution >= 4 is 41.4 Å². The number of piperidine rings is 1. The van der Waals surface area contributed by atoms with Gasteiger partial charge in [-0.15, -0.1) is 0 Å². The third-order valence-electron chi connectivity index (χ3n) is 10.8. The number of likely N-dealkylation sites (N-methyl/N-ethyl adjacent to an activating group) is 1. The van der Waals surface area contributed by atoms with Crippen molar-refractivity contribution in [1.82, 2.24) is 31.1 Å². The molecule has 1 aromatic rings. The zero-order chi connectivity index (χ0) is 41.4. The van der Waals surface area contributed by atoms with Crippen molar-refractivity contribution in [3.63, 3.8) is 0 Å². The average molecular weight is 779 g/mol. The summed E-state index contributed by atoms with van der Waals surface area (Å²) in [4.78, 5) is 96.0. The lowest BCUT2D eigenvalue weighted by atomic mass is 9.85. The number of alkyl carbamates (subject to hydrolysis) is 1. The van der Waals surface area contributed by atoms with Gasteiger partial charge in [-0.25, -0.2) is 4.79 Å². The number of alkyl halides is 3. The third kappa shape index (κ3) is 9.95. The fourth-order valence-corrected chi connectivity index (χ4v) is 7.05. The van der Waals surface area contributed by atoms with Gasteiger partial charge < -0.3 is 35.8 Å². The Bertz CT molecular complexity index is 1670. The van der Waals surface area contributed by atoms with E-state index in [1.165, 1.54) is 23.9 Å². The van der Waals surface area contributed by atoms with Crippen LogP contribution in [0.2, 0.25) is 0 Å². The molecule has 1 aliphatic heterocycles. The second kappa shape index (κ2) is 15.8. The van der Waals surface area contributed by atoms with Gasteiger partial charge in [0.25, 0.3) is 5.91 Å². The Morgan fingerprint density at radius 2 is 1.53 bits per heavy atom. The topological polar surface area (TPSA) is 183 Å². The molecule has 0 radical (unpaired) electrons. The van der Waals surface area contributed by atoms with Gasteiger partial charge >= 0.3 is 12.3 Å². The first-order chi connectivity index (χ1) is 25.3. The number of hydrogen-bond donors (Lipinski definition) is 4. The Morgan fingerprint density at radius 3 is 2.05 bits per heavy atom. The van der Waals surface area contributed by atoms with Crippen LogP contribution in [0, 0.1) is 28.6 Å². The number of halogens is 3. The predicted molar refractivity (Wildman–Crippen MR) is 193 cm³/mol. The summed E-state index contributed by atoms with van der Waals surface area (Å²) in [5.41, 5.74) is -3.73. The van der Waals surface area contributed by atoms with Crippen molar-refractivity contribution in [3.8, 4) is 0 Å². The van der Waals surface area contributed by atoms with E-state index < -0.39 is 89.3 Å². The maximum atomic E-state index is 14.2. The smallest absolute Gasteiger partial charge is 0.427 e. The van der Waals surface area contributed by atoms with Crippen molar-refractivity contribution in [2.24, 2.45) is 28.6 Å². The number of benzene rings is 1. The Hall–Kier alpha value is -4.70. The molecule has 55 heavy (non-hydrogen) atoms. The second-order valence-corrected chi connectivity index (χ2v) is 17.2. The maximum absolute atomic E-state index is 14.2. The molecule has 2 saturated carbocycles. The summed E-state index contributed by atoms with van der Waals surface area (Å²) in [5, 5.41) is 9.86. The van der Waals surface area contributed by atoms with Crippen LogP contribution >= 0.6 is 0 Å². The first kappa shape index (κ1) is 43.0. The van der Waals surface area contributed by atoms with Gasteiger partial charge in [0.1, 0.15) is 18.1 Å². The first-order valence-electron chi connectivity index (χ1n) is 18.3. The van der Waals surface area contributed by atoms with Crippen LogP contribution in [0.3, 0.4) is 0 Å². The molecule has 2 aliphatic carbocycles. The lowest BCUT2D eigenvalue weighted by Gasteiger charge is -2.38. The van der Waals surface area contributed by atoms with Crippen molar-refractivity contribution in [3.05, 3.63) is 35.9 Å². The number of carbonyl (C=O) groups is 7. The fraction of sp³-hybridized carbons (Fsp3) is 0.658. The van der Waals surface area contributed by atoms with E-state index in [1.807, 2.05) is 13.8 Å². The van der Waals surface area contributed by atoms with E-state index >= 15 is 0 Å². The molecule has 0 spiro atoms. The summed E-state index contributed by atoms with van der Waals surface area (Å²) in [6.45, 7) is 9.51. The van der Waals surface area contributed by atoms with Crippen molar-refractivity contribution in [2.75, 3.05) is 27.2 Å². The lowest BCUT2D eigenvalue weighted by molar-refractivity contribution is -0.244. The van der Waals surface area contributed by atoms with E-state index in [1.54, 1.807) is 51.1 Å². The third-order valence-corrected chi connectivity index (χ3v) is 10.8. The number of ketones is 1. The molecule has 6 atom stereocenters. The molecule has 3 unspecified atom stereocenters. The monoisotopic (exact) mass is 778 g/mol. The number of fused-ring (bicyclic) bond motifs is 1. The minimum Gasteiger partial charge on any atom is -0.434 e. The summed E-state index contributed by atoms with van der Waals surface area (Å²) < 4.78 is 45.0. The molecule has 4 N–H and O–H groups in total. The number of likely N-dealkylation sites (tertiary alicyclic amines) is 1. The van der Waals surface area contributed by atoms with Crippen molar-refractivity contribution in [2.45, 2.75) is 104 Å². The molecule has 4 rings (SSSR count). The van der Waals surface area contributed by atoms with Gasteiger partial charge in [0.05, 0.1) is 12.6 Å². The number of amides is 6. The molecule has 0 bridgehead atoms. The van der Waals surface area contributed by atoms with Crippen LogP contribution in [0.25, 0.3) is 0 Å². The molecule has 3 fully saturated rings. The fourth-order valence-electron chi connectivity index (χ4n) is 7.05. The molecular formula is C38H53F3N6O8. The Balaban J connectivity index is 1.47. The Kier molecular flexibility index (Phi) is 12.4. The Labute approximate surface area is 319 Å². The Morgan fingerprint density at radius 1 is 0.927 bits per heavy atom. The van der Waals surface area contributed by atoms with Gasteiger partial charge in [0.15, 0.2) is 0 Å². The summed E-state index contributed by atoms with van der Waals surface area (Å²) in [5.74, 6) is -5.09. The van der Waals surface area contributed by atoms with Crippen LogP contribution in [0.5, 0.6) is 0 Å². The predicted octanol–water partition coefficient (Wildman–Crippen LogP) is 2.87. The van der Waals surface area contributed by atoms with E-state index in [0.29, 0.717) is 19.4 Å². The van der Waals surface area contributed by atoms with Crippen LogP contribution in [-0.2, 0) is 33.5 Å². The molecule has 6 amide bonds. The van der Waals surface area contributed by atoms with E-state index in [9.17, 15) is 46.7 Å². The van der Waals surface area contributed by atoms with Crippen LogP contribution in [0.15, 0.2) is 30.3 Å². The molecule has 304 valence electrons. The summed E-state index contributed by atoms with van der Waals surface area (Å²) in [6.07, 6.45) is -4.65. The summed E-state index contributed by atoms with van der Waals surface area (Å²) in [7, 11) is 3.06. The number of carbonyl (C=O) groups excluding carboxylic acids is 7. The quantitative estimate of drug-likeness (QED) is 0.208. The zero-order valence-electron chi connectivity index (χ0n) is 32.8. The van der Waals surface area contributed by atoms with E-state index in [2.05, 4.69) is 26.0 Å². The van der Waals surface area contributed by atoms with E-state index in [4.69, 9.17) is 0 Å². The molecule has 17 heteroatoms. The van der Waals surface area contributed by atoms with Crippen molar-refractivity contribution in [1.29, 1.82) is 0 Å². The highest BCUT2D eigenvalue weighted by molar-refractivity contribution is 6.38. The second-order valence-electron chi connectivity index (χ2n) is 17.2. The number of nitrogens with zero attached hydrogens (tertiary/aromatic N) is 2. The zero-order valence-corrected chi connectivity index (χ0v) is 32.8. The SMILES string of the molecule is CN(C)C(=O)[C@@H](NC(=O)CNC(=O)C(=O)C(CC1CC1)NC(=O)[C@@H]1C2C(CN1C(=O)[C@@H](NC(=O)OC(C)(C)C(F)(F)F)C(C)(C)C)C2(C)C)c1ccccc1. The van der Waals surface area contributed by atoms with E-state index in [0.717, 1.165) is 12.8 Å². The maximum Gasteiger partial charge on any atom is 0.427 e. The normalized spacial score (nSPS) is 21.9. The highest BCUT2D eigenvalue weighted by Crippen LogP contribution is 2.65. The minimum atomic E-state index is -4.88. The van der Waals surface area contributed by atoms with Crippen LogP contribution in [0.4, 0.5) is 18.0 Å². The summed E-state index contributed by atoms with van der Waals surface area (Å²) >= 11 is 0. The van der Waals surface area contributed by atoms with Gasteiger partial charge in [-0.05, 0) is 54.4 Å². The number of Topliss-reactive ketones (excluding diaryl/α,β-unsaturated/α-hetero) is 1. The molecule has 1 aromatic carbocycles. The molecule has 0 aromatic heterocycles. The van der Waals surface area contributed by atoms with Gasteiger partial charge in [-0.1, -0.05) is 77.8 Å². The molecule has 14 nitrogen and oxygen atoms in total. The van der Waals surface area contributed by atoms with Gasteiger partial charge in [-0.3, -0.25) is 28.8 Å². The lowest BCUT2D eigenvalue weighted by Crippen LogP contribution is -2.61. The largest absolute Gasteiger partial charge is 0.434 e. The van der Waals surface area contributed by atoms with Crippen LogP contribution < -0.4 is 21.3 Å². The van der Waals surface area contributed by atoms with Crippen LogP contribution in [-0.4, -0.2) is 108 Å². The molecule has 3 aliphatic rings. The first-order valence-corrected chi connectivity index (χ1v) is 18.3. The minimum absolute atomic E-state index is 0.0573. The van der Waals surface area contributed by atoms with Gasteiger partial charge in [0.2, 0.25) is 35.0 Å². The highest BCUT2D eigenvalue weighted by atomic mass is 19.4. The van der Waals surface area contributed by atoms with Gasteiger partial charge in [0, 0.05) is 20.6 Å². The molecule has 1 heterocycles. The molecule has 1 saturated heterocycles. The van der Waals surface area contributed by atoms with E-state index in [-0.39, 0.29) is 36.1 Å². The van der Waals surface area contributed by atoms with Crippen molar-refractivity contribution < 1.29 is 51.5 Å². The number of rotatable bonds is 14. The average Bonchev–Trinajstić information content (AvgIpc) is 3.93.